The SMILES string of the molecule is O=C1NC(S)N(Br)c2ccccc21. The highest BCUT2D eigenvalue weighted by Crippen LogP contribution is 2.29. The Kier molecular flexibility index (Phi) is 2.21. The third-order valence-electron chi connectivity index (χ3n) is 1.85. The van der Waals surface area contributed by atoms with Crippen LogP contribution in [0.2, 0.25) is 0 Å². The number of amides is 1. The number of anilines is 1. The van der Waals surface area contributed by atoms with Crippen LogP contribution in [0.15, 0.2) is 24.3 Å². The fourth-order valence-electron chi connectivity index (χ4n) is 1.24. The monoisotopic (exact) mass is 258 g/mol. The molecule has 0 spiro atoms. The smallest absolute Gasteiger partial charge is 0.255 e. The first kappa shape index (κ1) is 8.90. The van der Waals surface area contributed by atoms with Gasteiger partial charge in [-0.05, 0) is 12.1 Å². The van der Waals surface area contributed by atoms with E-state index in [4.69, 9.17) is 0 Å². The highest BCUT2D eigenvalue weighted by molar-refractivity contribution is 9.10. The highest BCUT2D eigenvalue weighted by Gasteiger charge is 2.26. The van der Waals surface area contributed by atoms with E-state index in [0.29, 0.717) is 5.56 Å². The molecule has 1 heterocycles. The van der Waals surface area contributed by atoms with Crippen LogP contribution in [0, 0.1) is 0 Å². The third kappa shape index (κ3) is 1.42. The first-order chi connectivity index (χ1) is 6.20. The Labute approximate surface area is 89.9 Å². The lowest BCUT2D eigenvalue weighted by Crippen LogP contribution is -2.44. The second-order valence-electron chi connectivity index (χ2n) is 2.68. The van der Waals surface area contributed by atoms with Crippen LogP contribution in [0.25, 0.3) is 0 Å². The maximum Gasteiger partial charge on any atom is 0.255 e. The van der Waals surface area contributed by atoms with E-state index in [2.05, 4.69) is 34.1 Å². The first-order valence-corrected chi connectivity index (χ1v) is 4.95. The number of carbonyl (C=O) groups is 1. The zero-order chi connectivity index (χ0) is 9.42. The van der Waals surface area contributed by atoms with Crippen molar-refractivity contribution < 1.29 is 4.79 Å². The zero-order valence-electron chi connectivity index (χ0n) is 6.57. The summed E-state index contributed by atoms with van der Waals surface area (Å²) >= 11 is 7.51. The lowest BCUT2D eigenvalue weighted by atomic mass is 10.1. The number of benzene rings is 1. The van der Waals surface area contributed by atoms with Gasteiger partial charge < -0.3 is 5.32 Å². The van der Waals surface area contributed by atoms with Crippen molar-refractivity contribution >= 4 is 40.4 Å². The number of carbonyl (C=O) groups excluding carboxylic acids is 1. The molecule has 68 valence electrons. The van der Waals surface area contributed by atoms with Crippen molar-refractivity contribution in [1.29, 1.82) is 0 Å². The van der Waals surface area contributed by atoms with E-state index in [0.717, 1.165) is 5.69 Å². The molecule has 5 heteroatoms. The van der Waals surface area contributed by atoms with Crippen LogP contribution in [-0.2, 0) is 0 Å². The summed E-state index contributed by atoms with van der Waals surface area (Å²) < 4.78 is 1.73. The fourth-order valence-corrected chi connectivity index (χ4v) is 1.89. The summed E-state index contributed by atoms with van der Waals surface area (Å²) in [5.41, 5.74) is 1.18. The average molecular weight is 259 g/mol. The van der Waals surface area contributed by atoms with Gasteiger partial charge in [0.25, 0.3) is 5.91 Å². The number of hydrogen-bond acceptors (Lipinski definition) is 3. The minimum absolute atomic E-state index is 0.0914. The summed E-state index contributed by atoms with van der Waals surface area (Å²) in [4.78, 5) is 11.4. The number of nitrogens with zero attached hydrogens (tertiary/aromatic N) is 1. The number of hydrogen-bond donors (Lipinski definition) is 2. The van der Waals surface area contributed by atoms with E-state index in [9.17, 15) is 4.79 Å². The highest BCUT2D eigenvalue weighted by atomic mass is 79.9. The van der Waals surface area contributed by atoms with Gasteiger partial charge in [-0.1, -0.05) is 12.1 Å². The zero-order valence-corrected chi connectivity index (χ0v) is 9.05. The molecular formula is C8H7BrN2OS. The van der Waals surface area contributed by atoms with Crippen LogP contribution in [0.3, 0.4) is 0 Å². The molecule has 1 amide bonds. The molecule has 0 aliphatic carbocycles. The van der Waals surface area contributed by atoms with Gasteiger partial charge in [-0.3, -0.25) is 8.72 Å². The second kappa shape index (κ2) is 3.23. The summed E-state index contributed by atoms with van der Waals surface area (Å²) in [7, 11) is 0. The van der Waals surface area contributed by atoms with Gasteiger partial charge in [-0.25, -0.2) is 0 Å². The quantitative estimate of drug-likeness (QED) is 0.549. The topological polar surface area (TPSA) is 32.3 Å². The Hall–Kier alpha value is -0.680. The van der Waals surface area contributed by atoms with Gasteiger partial charge >= 0.3 is 0 Å². The van der Waals surface area contributed by atoms with E-state index in [-0.39, 0.29) is 11.4 Å². The Morgan fingerprint density at radius 2 is 2.15 bits per heavy atom. The van der Waals surface area contributed by atoms with Gasteiger partial charge in [0.1, 0.15) is 0 Å². The molecule has 0 aromatic heterocycles. The van der Waals surface area contributed by atoms with Crippen molar-refractivity contribution in [3.05, 3.63) is 29.8 Å². The molecule has 0 bridgehead atoms. The number of rotatable bonds is 0. The van der Waals surface area contributed by atoms with Crippen molar-refractivity contribution in [3.8, 4) is 0 Å². The average Bonchev–Trinajstić information content (AvgIpc) is 2.15. The summed E-state index contributed by atoms with van der Waals surface area (Å²) in [6.07, 6.45) is 0. The van der Waals surface area contributed by atoms with E-state index in [1.54, 1.807) is 9.99 Å². The van der Waals surface area contributed by atoms with Crippen molar-refractivity contribution in [3.63, 3.8) is 0 Å². The predicted molar refractivity (Wildman–Crippen MR) is 58.1 cm³/mol. The Morgan fingerprint density at radius 1 is 1.46 bits per heavy atom. The Morgan fingerprint density at radius 3 is 2.92 bits per heavy atom. The molecule has 0 radical (unpaired) electrons. The molecule has 2 rings (SSSR count). The molecule has 0 saturated heterocycles. The van der Waals surface area contributed by atoms with Crippen LogP contribution in [-0.4, -0.2) is 11.4 Å². The standard InChI is InChI=1S/C8H7BrN2OS/c9-11-6-4-2-1-3-5(6)7(12)10-8(11)13/h1-4,8,13H,(H,10,12). The van der Waals surface area contributed by atoms with Crippen LogP contribution >= 0.6 is 28.8 Å². The number of halogens is 1. The molecule has 1 aromatic rings. The number of thiol groups is 1. The van der Waals surface area contributed by atoms with E-state index >= 15 is 0 Å². The van der Waals surface area contributed by atoms with Crippen LogP contribution in [0.5, 0.6) is 0 Å². The van der Waals surface area contributed by atoms with E-state index in [1.807, 2.05) is 18.2 Å². The summed E-state index contributed by atoms with van der Waals surface area (Å²) in [5, 5.41) is 2.69. The molecule has 13 heavy (non-hydrogen) atoms. The molecule has 0 saturated carbocycles. The minimum Gasteiger partial charge on any atom is -0.323 e. The van der Waals surface area contributed by atoms with Gasteiger partial charge in [-0.2, -0.15) is 0 Å². The van der Waals surface area contributed by atoms with Crippen molar-refractivity contribution in [1.82, 2.24) is 5.32 Å². The van der Waals surface area contributed by atoms with Gasteiger partial charge in [-0.15, -0.1) is 12.6 Å². The molecule has 1 atom stereocenters. The molecule has 1 unspecified atom stereocenters. The van der Waals surface area contributed by atoms with E-state index < -0.39 is 0 Å². The van der Waals surface area contributed by atoms with E-state index in [1.165, 1.54) is 0 Å². The first-order valence-electron chi connectivity index (χ1n) is 3.73. The number of para-hydroxylation sites is 1. The van der Waals surface area contributed by atoms with Crippen LogP contribution in [0.1, 0.15) is 10.4 Å². The Bertz CT molecular complexity index is 358. The van der Waals surface area contributed by atoms with Gasteiger partial charge in [0.05, 0.1) is 27.4 Å². The number of fused-ring (bicyclic) bond motifs is 1. The number of nitrogens with one attached hydrogen (secondary N) is 1. The van der Waals surface area contributed by atoms with Crippen molar-refractivity contribution in [2.75, 3.05) is 3.93 Å². The normalized spacial score (nSPS) is 20.9. The molecule has 0 fully saturated rings. The predicted octanol–water partition coefficient (Wildman–Crippen LogP) is 1.76. The molecule has 3 nitrogen and oxygen atoms in total. The largest absolute Gasteiger partial charge is 0.323 e. The molecule has 1 aliphatic rings. The fraction of sp³-hybridized carbons (Fsp3) is 0.125. The van der Waals surface area contributed by atoms with Crippen molar-refractivity contribution in [2.24, 2.45) is 0 Å². The van der Waals surface area contributed by atoms with Crippen LogP contribution < -0.4 is 9.24 Å². The molecule has 1 aliphatic heterocycles. The van der Waals surface area contributed by atoms with Crippen LogP contribution in [0.4, 0.5) is 5.69 Å². The summed E-state index contributed by atoms with van der Waals surface area (Å²) in [6.45, 7) is 0. The minimum atomic E-state index is -0.317. The Balaban J connectivity index is 2.53. The summed E-state index contributed by atoms with van der Waals surface area (Å²) in [5.74, 6) is -0.0914. The molecule has 1 N–H and O–H groups in total. The summed E-state index contributed by atoms with van der Waals surface area (Å²) in [6, 6.07) is 7.36. The van der Waals surface area contributed by atoms with Gasteiger partial charge in [0.15, 0.2) is 5.50 Å². The lowest BCUT2D eigenvalue weighted by Gasteiger charge is -2.30. The van der Waals surface area contributed by atoms with Crippen molar-refractivity contribution in [2.45, 2.75) is 5.50 Å². The molecule has 1 aromatic carbocycles. The van der Waals surface area contributed by atoms with Gasteiger partial charge in [0, 0.05) is 0 Å². The second-order valence-corrected chi connectivity index (χ2v) is 3.93. The maximum atomic E-state index is 11.4. The third-order valence-corrected chi connectivity index (χ3v) is 3.32. The maximum absolute atomic E-state index is 11.4. The molecular weight excluding hydrogens is 252 g/mol. The van der Waals surface area contributed by atoms with Gasteiger partial charge in [0.2, 0.25) is 0 Å². The lowest BCUT2D eigenvalue weighted by molar-refractivity contribution is 0.0946.